The van der Waals surface area contributed by atoms with Crippen molar-refractivity contribution in [2.45, 2.75) is 38.0 Å². The van der Waals surface area contributed by atoms with E-state index in [1.807, 2.05) is 79.4 Å². The standard InChI is InChI=1S/C34H37N3O5S/c1-3-36(4-2)34(40)31(32(38)35-43(41,42)28-17-16-25-10-5-6-12-27(25)23-28)22-24-18-20-37(21-19-24)33(39)30-15-9-13-26-11-7-8-14-29(26)30/h5-17,23-24,31H,3-4,18-22H2,1-2H3,(H,35,38). The van der Waals surface area contributed by atoms with Gasteiger partial charge >= 0.3 is 0 Å². The summed E-state index contributed by atoms with van der Waals surface area (Å²) in [6.07, 6.45) is 1.44. The molecule has 9 heteroatoms. The molecule has 0 aliphatic carbocycles. The van der Waals surface area contributed by atoms with Crippen LogP contribution >= 0.6 is 0 Å². The zero-order chi connectivity index (χ0) is 30.6. The summed E-state index contributed by atoms with van der Waals surface area (Å²) < 4.78 is 28.7. The second kappa shape index (κ2) is 13.0. The number of carbonyl (C=O) groups excluding carboxylic acids is 3. The van der Waals surface area contributed by atoms with E-state index in [1.54, 1.807) is 17.0 Å². The van der Waals surface area contributed by atoms with E-state index < -0.39 is 21.8 Å². The minimum Gasteiger partial charge on any atom is -0.343 e. The minimum absolute atomic E-state index is 0.0183. The van der Waals surface area contributed by atoms with E-state index in [0.29, 0.717) is 44.6 Å². The molecule has 0 radical (unpaired) electrons. The van der Waals surface area contributed by atoms with E-state index in [9.17, 15) is 22.8 Å². The van der Waals surface area contributed by atoms with Crippen LogP contribution in [0.2, 0.25) is 0 Å². The Balaban J connectivity index is 1.30. The molecule has 1 N–H and O–H groups in total. The summed E-state index contributed by atoms with van der Waals surface area (Å²) >= 11 is 0. The van der Waals surface area contributed by atoms with Crippen molar-refractivity contribution >= 4 is 49.3 Å². The van der Waals surface area contributed by atoms with Gasteiger partial charge in [-0.25, -0.2) is 13.1 Å². The molecule has 1 fully saturated rings. The zero-order valence-electron chi connectivity index (χ0n) is 24.5. The molecular weight excluding hydrogens is 562 g/mol. The lowest BCUT2D eigenvalue weighted by atomic mass is 9.85. The maximum Gasteiger partial charge on any atom is 0.264 e. The van der Waals surface area contributed by atoms with Gasteiger partial charge in [0.1, 0.15) is 5.92 Å². The molecule has 1 heterocycles. The molecule has 1 atom stereocenters. The molecule has 0 spiro atoms. The number of fused-ring (bicyclic) bond motifs is 2. The lowest BCUT2D eigenvalue weighted by Gasteiger charge is -2.34. The molecule has 3 amide bonds. The predicted molar refractivity (Wildman–Crippen MR) is 168 cm³/mol. The molecule has 1 unspecified atom stereocenters. The lowest BCUT2D eigenvalue weighted by Crippen LogP contribution is -2.47. The fraction of sp³-hybridized carbons (Fsp3) is 0.324. The highest BCUT2D eigenvalue weighted by molar-refractivity contribution is 7.90. The molecule has 0 saturated carbocycles. The first kappa shape index (κ1) is 30.2. The average molecular weight is 600 g/mol. The maximum atomic E-state index is 13.5. The molecule has 0 aromatic heterocycles. The van der Waals surface area contributed by atoms with Crippen LogP contribution in [0.25, 0.3) is 21.5 Å². The van der Waals surface area contributed by atoms with Gasteiger partial charge in [0.2, 0.25) is 11.8 Å². The summed E-state index contributed by atoms with van der Waals surface area (Å²) in [6, 6.07) is 25.6. The monoisotopic (exact) mass is 599 g/mol. The van der Waals surface area contributed by atoms with Gasteiger partial charge in [-0.1, -0.05) is 66.7 Å². The number of hydrogen-bond donors (Lipinski definition) is 1. The second-order valence-electron chi connectivity index (χ2n) is 11.0. The molecular formula is C34H37N3O5S. The Morgan fingerprint density at radius 3 is 2.16 bits per heavy atom. The van der Waals surface area contributed by atoms with E-state index in [2.05, 4.69) is 4.72 Å². The first-order valence-electron chi connectivity index (χ1n) is 14.8. The SMILES string of the molecule is CCN(CC)C(=O)C(CC1CCN(C(=O)c2cccc3ccccc23)CC1)C(=O)NS(=O)(=O)c1ccc2ccccc2c1. The molecule has 1 aliphatic heterocycles. The van der Waals surface area contributed by atoms with E-state index in [0.717, 1.165) is 21.5 Å². The normalized spacial score (nSPS) is 14.9. The molecule has 5 rings (SSSR count). The highest BCUT2D eigenvalue weighted by Crippen LogP contribution is 2.29. The smallest absolute Gasteiger partial charge is 0.264 e. The Bertz CT molecular complexity index is 1750. The van der Waals surface area contributed by atoms with Crippen molar-refractivity contribution in [1.82, 2.24) is 14.5 Å². The number of carbonyl (C=O) groups is 3. The van der Waals surface area contributed by atoms with Crippen LogP contribution in [0, 0.1) is 11.8 Å². The van der Waals surface area contributed by atoms with Crippen molar-refractivity contribution in [3.63, 3.8) is 0 Å². The molecule has 0 bridgehead atoms. The molecule has 224 valence electrons. The van der Waals surface area contributed by atoms with Gasteiger partial charge in [-0.3, -0.25) is 14.4 Å². The Hall–Kier alpha value is -4.24. The van der Waals surface area contributed by atoms with Gasteiger partial charge in [0.25, 0.3) is 15.9 Å². The maximum absolute atomic E-state index is 13.5. The number of sulfonamides is 1. The fourth-order valence-electron chi connectivity index (χ4n) is 5.96. The number of nitrogens with one attached hydrogen (secondary N) is 1. The largest absolute Gasteiger partial charge is 0.343 e. The van der Waals surface area contributed by atoms with Crippen molar-refractivity contribution in [1.29, 1.82) is 0 Å². The van der Waals surface area contributed by atoms with Crippen LogP contribution in [0.15, 0.2) is 89.8 Å². The number of amides is 3. The zero-order valence-corrected chi connectivity index (χ0v) is 25.3. The third-order valence-electron chi connectivity index (χ3n) is 8.45. The van der Waals surface area contributed by atoms with Crippen molar-refractivity contribution < 1.29 is 22.8 Å². The topological polar surface area (TPSA) is 104 Å². The highest BCUT2D eigenvalue weighted by atomic mass is 32.2. The third kappa shape index (κ3) is 6.57. The molecule has 8 nitrogen and oxygen atoms in total. The highest BCUT2D eigenvalue weighted by Gasteiger charge is 2.36. The van der Waals surface area contributed by atoms with Crippen molar-refractivity contribution in [3.05, 3.63) is 90.5 Å². The summed E-state index contributed by atoms with van der Waals surface area (Å²) in [7, 11) is -4.20. The van der Waals surface area contributed by atoms with Crippen LogP contribution in [0.1, 0.15) is 43.5 Å². The second-order valence-corrected chi connectivity index (χ2v) is 12.7. The summed E-state index contributed by atoms with van der Waals surface area (Å²) in [5.74, 6) is -2.41. The molecule has 1 saturated heterocycles. The lowest BCUT2D eigenvalue weighted by molar-refractivity contribution is -0.142. The van der Waals surface area contributed by atoms with Gasteiger partial charge in [-0.15, -0.1) is 0 Å². The Morgan fingerprint density at radius 1 is 0.837 bits per heavy atom. The predicted octanol–water partition coefficient (Wildman–Crippen LogP) is 5.23. The van der Waals surface area contributed by atoms with Gasteiger partial charge in [0, 0.05) is 31.7 Å². The average Bonchev–Trinajstić information content (AvgIpc) is 3.03. The van der Waals surface area contributed by atoms with Crippen molar-refractivity contribution in [3.8, 4) is 0 Å². The number of nitrogens with zero attached hydrogens (tertiary/aromatic N) is 2. The number of hydrogen-bond acceptors (Lipinski definition) is 5. The van der Waals surface area contributed by atoms with Crippen LogP contribution in [0.4, 0.5) is 0 Å². The number of piperidine rings is 1. The first-order valence-corrected chi connectivity index (χ1v) is 16.3. The van der Waals surface area contributed by atoms with Gasteiger partial charge in [-0.2, -0.15) is 0 Å². The van der Waals surface area contributed by atoms with Gasteiger partial charge in [-0.05, 0) is 78.8 Å². The molecule has 43 heavy (non-hydrogen) atoms. The van der Waals surface area contributed by atoms with Gasteiger partial charge < -0.3 is 9.80 Å². The van der Waals surface area contributed by atoms with E-state index >= 15 is 0 Å². The summed E-state index contributed by atoms with van der Waals surface area (Å²) in [5, 5.41) is 3.53. The molecule has 1 aliphatic rings. The summed E-state index contributed by atoms with van der Waals surface area (Å²) in [6.45, 7) is 5.48. The van der Waals surface area contributed by atoms with Crippen LogP contribution in [0.5, 0.6) is 0 Å². The van der Waals surface area contributed by atoms with Crippen molar-refractivity contribution in [2.75, 3.05) is 26.2 Å². The van der Waals surface area contributed by atoms with E-state index in [1.165, 1.54) is 12.1 Å². The number of likely N-dealkylation sites (tertiary alicyclic amines) is 1. The third-order valence-corrected chi connectivity index (χ3v) is 9.79. The Labute approximate surface area is 252 Å². The molecule has 4 aromatic carbocycles. The van der Waals surface area contributed by atoms with Crippen molar-refractivity contribution in [2.24, 2.45) is 11.8 Å². The van der Waals surface area contributed by atoms with Crippen LogP contribution in [-0.4, -0.2) is 62.1 Å². The van der Waals surface area contributed by atoms with Gasteiger partial charge in [0.05, 0.1) is 4.90 Å². The summed E-state index contributed by atoms with van der Waals surface area (Å²) in [4.78, 5) is 43.8. The number of benzene rings is 4. The summed E-state index contributed by atoms with van der Waals surface area (Å²) in [5.41, 5.74) is 0.657. The van der Waals surface area contributed by atoms with Crippen LogP contribution in [-0.2, 0) is 19.6 Å². The quantitative estimate of drug-likeness (QED) is 0.266. The minimum atomic E-state index is -4.20. The Morgan fingerprint density at radius 2 is 1.47 bits per heavy atom. The van der Waals surface area contributed by atoms with Gasteiger partial charge in [0.15, 0.2) is 0 Å². The van der Waals surface area contributed by atoms with Crippen LogP contribution in [0.3, 0.4) is 0 Å². The van der Waals surface area contributed by atoms with E-state index in [4.69, 9.17) is 0 Å². The van der Waals surface area contributed by atoms with Crippen LogP contribution < -0.4 is 4.72 Å². The fourth-order valence-corrected chi connectivity index (χ4v) is 7.01. The Kier molecular flexibility index (Phi) is 9.11. The number of rotatable bonds is 9. The van der Waals surface area contributed by atoms with E-state index in [-0.39, 0.29) is 29.0 Å². The molecule has 4 aromatic rings. The first-order chi connectivity index (χ1) is 20.7.